The van der Waals surface area contributed by atoms with Crippen molar-refractivity contribution in [2.24, 2.45) is 5.73 Å². The van der Waals surface area contributed by atoms with Crippen molar-refractivity contribution in [3.05, 3.63) is 29.8 Å². The van der Waals surface area contributed by atoms with E-state index < -0.39 is 12.0 Å². The summed E-state index contributed by atoms with van der Waals surface area (Å²) < 4.78 is 12.8. The summed E-state index contributed by atoms with van der Waals surface area (Å²) in [6.45, 7) is -0.145. The quantitative estimate of drug-likeness (QED) is 0.709. The second-order valence-electron chi connectivity index (χ2n) is 2.60. The van der Waals surface area contributed by atoms with Crippen LogP contribution in [0.2, 0.25) is 0 Å². The normalized spacial score (nSPS) is 11.9. The van der Waals surface area contributed by atoms with E-state index in [0.717, 1.165) is 0 Å². The topological polar surface area (TPSA) is 59.1 Å². The molecule has 0 aliphatic heterocycles. The van der Waals surface area contributed by atoms with E-state index in [-0.39, 0.29) is 19.0 Å². The number of halogens is 2. The number of aromatic nitrogens is 1. The number of nitrogens with two attached hydrogens (primary N) is 1. The molecule has 1 atom stereocenters. The van der Waals surface area contributed by atoms with E-state index in [2.05, 4.69) is 4.98 Å². The maximum atomic E-state index is 12.8. The zero-order valence-electron chi connectivity index (χ0n) is 6.98. The van der Waals surface area contributed by atoms with Gasteiger partial charge in [-0.1, -0.05) is 6.07 Å². The first kappa shape index (κ1) is 12.3. The molecular weight excluding hydrogens is 195 g/mol. The smallest absolute Gasteiger partial charge is 0.216 e. The van der Waals surface area contributed by atoms with Crippen LogP contribution in [-0.2, 0) is 6.42 Å². The van der Waals surface area contributed by atoms with Crippen molar-refractivity contribution in [1.82, 2.24) is 4.98 Å². The number of hydrogen-bond donors (Lipinski definition) is 2. The highest BCUT2D eigenvalue weighted by Gasteiger charge is 2.06. The zero-order chi connectivity index (χ0) is 8.97. The fourth-order valence-electron chi connectivity index (χ4n) is 0.919. The Balaban J connectivity index is 0.00000144. The Kier molecular flexibility index (Phi) is 5.53. The van der Waals surface area contributed by atoms with Gasteiger partial charge in [-0.15, -0.1) is 12.4 Å². The number of aliphatic hydroxyl groups excluding tert-OH is 1. The predicted octanol–water partition coefficient (Wildman–Crippen LogP) is 0.505. The van der Waals surface area contributed by atoms with Crippen LogP contribution in [0.3, 0.4) is 0 Å². The molecule has 3 nitrogen and oxygen atoms in total. The van der Waals surface area contributed by atoms with Gasteiger partial charge in [0.25, 0.3) is 0 Å². The average molecular weight is 207 g/mol. The van der Waals surface area contributed by atoms with Gasteiger partial charge >= 0.3 is 0 Å². The van der Waals surface area contributed by atoms with Crippen LogP contribution in [0.5, 0.6) is 0 Å². The molecule has 0 spiro atoms. The van der Waals surface area contributed by atoms with E-state index >= 15 is 0 Å². The molecular formula is C8H12ClFN2O. The molecule has 1 unspecified atom stereocenters. The van der Waals surface area contributed by atoms with E-state index in [4.69, 9.17) is 10.8 Å². The molecule has 1 rings (SSSR count). The Hall–Kier alpha value is -0.710. The molecule has 1 aromatic rings. The third-order valence-electron chi connectivity index (χ3n) is 1.55. The van der Waals surface area contributed by atoms with Crippen LogP contribution in [0.25, 0.3) is 0 Å². The Labute approximate surface area is 82.2 Å². The monoisotopic (exact) mass is 206 g/mol. The maximum Gasteiger partial charge on any atom is 0.216 e. The van der Waals surface area contributed by atoms with Crippen molar-refractivity contribution in [2.75, 3.05) is 6.61 Å². The van der Waals surface area contributed by atoms with Gasteiger partial charge in [0.15, 0.2) is 0 Å². The predicted molar refractivity (Wildman–Crippen MR) is 50.2 cm³/mol. The van der Waals surface area contributed by atoms with Crippen molar-refractivity contribution < 1.29 is 9.50 Å². The summed E-state index contributed by atoms with van der Waals surface area (Å²) in [5.41, 5.74) is 5.87. The number of hydrogen-bond acceptors (Lipinski definition) is 3. The van der Waals surface area contributed by atoms with Crippen molar-refractivity contribution in [3.63, 3.8) is 0 Å². The highest BCUT2D eigenvalue weighted by molar-refractivity contribution is 5.85. The summed E-state index contributed by atoms with van der Waals surface area (Å²) in [5, 5.41) is 8.62. The standard InChI is InChI=1S/C8H11FN2O.ClH/c9-8-6(2-1-3-11-8)4-7(10)5-12;/h1-3,7,12H,4-5,10H2;1H. The van der Waals surface area contributed by atoms with Crippen molar-refractivity contribution in [2.45, 2.75) is 12.5 Å². The van der Waals surface area contributed by atoms with Gasteiger partial charge in [0.2, 0.25) is 5.95 Å². The lowest BCUT2D eigenvalue weighted by Crippen LogP contribution is -2.27. The van der Waals surface area contributed by atoms with Crippen LogP contribution in [-0.4, -0.2) is 22.7 Å². The molecule has 13 heavy (non-hydrogen) atoms. The first-order chi connectivity index (χ1) is 5.74. The van der Waals surface area contributed by atoms with Gasteiger partial charge < -0.3 is 10.8 Å². The Morgan fingerprint density at radius 2 is 2.31 bits per heavy atom. The molecule has 3 N–H and O–H groups in total. The lowest BCUT2D eigenvalue weighted by atomic mass is 10.1. The minimum Gasteiger partial charge on any atom is -0.395 e. The molecule has 0 aromatic carbocycles. The van der Waals surface area contributed by atoms with Gasteiger partial charge in [-0.25, -0.2) is 4.98 Å². The number of aliphatic hydroxyl groups is 1. The summed E-state index contributed by atoms with van der Waals surface area (Å²) in [4.78, 5) is 3.46. The fourth-order valence-corrected chi connectivity index (χ4v) is 0.919. The average Bonchev–Trinajstić information content (AvgIpc) is 2.09. The van der Waals surface area contributed by atoms with Gasteiger partial charge in [0.1, 0.15) is 0 Å². The second-order valence-corrected chi connectivity index (χ2v) is 2.60. The van der Waals surface area contributed by atoms with Gasteiger partial charge in [0, 0.05) is 17.8 Å². The molecule has 0 saturated carbocycles. The van der Waals surface area contributed by atoms with Crippen LogP contribution in [0.1, 0.15) is 5.56 Å². The lowest BCUT2D eigenvalue weighted by Gasteiger charge is -2.07. The Bertz CT molecular complexity index is 260. The molecule has 0 aliphatic carbocycles. The van der Waals surface area contributed by atoms with E-state index in [9.17, 15) is 4.39 Å². The lowest BCUT2D eigenvalue weighted by molar-refractivity contribution is 0.264. The van der Waals surface area contributed by atoms with E-state index in [1.54, 1.807) is 12.1 Å². The van der Waals surface area contributed by atoms with E-state index in [1.165, 1.54) is 6.20 Å². The first-order valence-corrected chi connectivity index (χ1v) is 3.70. The molecule has 0 aliphatic rings. The molecule has 0 bridgehead atoms. The SMILES string of the molecule is Cl.NC(CO)Cc1cccnc1F. The van der Waals surface area contributed by atoms with Gasteiger partial charge in [-0.2, -0.15) is 4.39 Å². The van der Waals surface area contributed by atoms with Gasteiger partial charge in [0.05, 0.1) is 6.61 Å². The van der Waals surface area contributed by atoms with Crippen molar-refractivity contribution in [3.8, 4) is 0 Å². The Morgan fingerprint density at radius 1 is 1.62 bits per heavy atom. The number of nitrogens with zero attached hydrogens (tertiary/aromatic N) is 1. The largest absolute Gasteiger partial charge is 0.395 e. The second kappa shape index (κ2) is 5.85. The summed E-state index contributed by atoms with van der Waals surface area (Å²) in [6, 6.07) is 2.84. The summed E-state index contributed by atoms with van der Waals surface area (Å²) in [6.07, 6.45) is 1.69. The minimum absolute atomic E-state index is 0. The molecule has 0 fully saturated rings. The van der Waals surface area contributed by atoms with E-state index in [1.807, 2.05) is 0 Å². The molecule has 74 valence electrons. The van der Waals surface area contributed by atoms with Crippen LogP contribution in [0, 0.1) is 5.95 Å². The third kappa shape index (κ3) is 3.67. The first-order valence-electron chi connectivity index (χ1n) is 3.70. The Morgan fingerprint density at radius 3 is 2.85 bits per heavy atom. The number of pyridine rings is 1. The maximum absolute atomic E-state index is 12.8. The molecule has 0 radical (unpaired) electrons. The summed E-state index contributed by atoms with van der Waals surface area (Å²) >= 11 is 0. The van der Waals surface area contributed by atoms with Crippen LogP contribution < -0.4 is 5.73 Å². The zero-order valence-corrected chi connectivity index (χ0v) is 7.80. The van der Waals surface area contributed by atoms with Gasteiger partial charge in [-0.3, -0.25) is 0 Å². The molecule has 5 heteroatoms. The summed E-state index contributed by atoms with van der Waals surface area (Å²) in [7, 11) is 0. The molecule has 1 aromatic heterocycles. The fraction of sp³-hybridized carbons (Fsp3) is 0.375. The number of rotatable bonds is 3. The summed E-state index contributed by atoms with van der Waals surface area (Å²) in [5.74, 6) is -0.513. The molecule has 0 amide bonds. The molecule has 0 saturated heterocycles. The third-order valence-corrected chi connectivity index (χ3v) is 1.55. The van der Waals surface area contributed by atoms with Crippen LogP contribution in [0.4, 0.5) is 4.39 Å². The van der Waals surface area contributed by atoms with Gasteiger partial charge in [-0.05, 0) is 12.5 Å². The van der Waals surface area contributed by atoms with E-state index in [0.29, 0.717) is 12.0 Å². The highest BCUT2D eigenvalue weighted by Crippen LogP contribution is 2.04. The van der Waals surface area contributed by atoms with Crippen molar-refractivity contribution >= 4 is 12.4 Å². The van der Waals surface area contributed by atoms with Crippen molar-refractivity contribution in [1.29, 1.82) is 0 Å². The molecule has 1 heterocycles. The minimum atomic E-state index is -0.513. The highest BCUT2D eigenvalue weighted by atomic mass is 35.5. The van der Waals surface area contributed by atoms with Crippen LogP contribution >= 0.6 is 12.4 Å². The van der Waals surface area contributed by atoms with Crippen LogP contribution in [0.15, 0.2) is 18.3 Å².